The minimum Gasteiger partial charge on any atom is -0.282 e. The van der Waals surface area contributed by atoms with E-state index in [2.05, 4.69) is 0 Å². The lowest BCUT2D eigenvalue weighted by molar-refractivity contribution is -0.125. The monoisotopic (exact) mass is 228 g/mol. The molecule has 86 valence electrons. The maximum atomic E-state index is 11.9. The number of urea groups is 1. The number of rotatable bonds is 1. The number of benzene rings is 1. The molecule has 1 aliphatic rings. The smallest absolute Gasteiger partial charge is 0.282 e. The fraction of sp³-hybridized carbons (Fsp3) is 0.333. The van der Waals surface area contributed by atoms with Gasteiger partial charge in [0.15, 0.2) is 0 Å². The molecular formula is C12H13BN2O2. The Morgan fingerprint density at radius 1 is 1.29 bits per heavy atom. The maximum Gasteiger partial charge on any atom is 0.331 e. The Hall–Kier alpha value is -1.78. The van der Waals surface area contributed by atoms with Crippen LogP contribution in [-0.2, 0) is 4.79 Å². The molecule has 1 fully saturated rings. The quantitative estimate of drug-likeness (QED) is 0.521. The Balaban J connectivity index is 2.43. The Bertz CT molecular complexity index is 501. The van der Waals surface area contributed by atoms with Crippen LogP contribution in [0.5, 0.6) is 0 Å². The average Bonchev–Trinajstić information content (AvgIpc) is 2.48. The first kappa shape index (κ1) is 11.7. The lowest BCUT2D eigenvalue weighted by atomic mass is 9.91. The summed E-state index contributed by atoms with van der Waals surface area (Å²) in [6.45, 7) is 3.59. The van der Waals surface area contributed by atoms with Gasteiger partial charge >= 0.3 is 6.03 Å². The number of carbonyl (C=O) groups is 2. The van der Waals surface area contributed by atoms with E-state index < -0.39 is 6.04 Å². The van der Waals surface area contributed by atoms with E-state index in [9.17, 15) is 9.59 Å². The molecule has 0 bridgehead atoms. The zero-order chi connectivity index (χ0) is 12.7. The number of imide groups is 1. The molecule has 17 heavy (non-hydrogen) atoms. The number of anilines is 1. The SMILES string of the molecule is [B]c1ccc(N2C(=O)N(C)C(=O)C2C)cc1C. The number of aryl methyl sites for hydroxylation is 1. The van der Waals surface area contributed by atoms with Crippen molar-refractivity contribution in [3.63, 3.8) is 0 Å². The number of carbonyl (C=O) groups excluding carboxylic acids is 2. The Morgan fingerprint density at radius 2 is 1.94 bits per heavy atom. The second-order valence-corrected chi connectivity index (χ2v) is 4.27. The van der Waals surface area contributed by atoms with E-state index in [-0.39, 0.29) is 11.9 Å². The summed E-state index contributed by atoms with van der Waals surface area (Å²) < 4.78 is 0. The van der Waals surface area contributed by atoms with Gasteiger partial charge in [0.1, 0.15) is 13.9 Å². The summed E-state index contributed by atoms with van der Waals surface area (Å²) in [5.74, 6) is -0.190. The molecule has 3 amide bonds. The molecule has 0 saturated carbocycles. The van der Waals surface area contributed by atoms with Gasteiger partial charge < -0.3 is 0 Å². The number of hydrogen-bond acceptors (Lipinski definition) is 2. The van der Waals surface area contributed by atoms with E-state index in [0.29, 0.717) is 11.2 Å². The molecule has 1 heterocycles. The lowest BCUT2D eigenvalue weighted by Gasteiger charge is -2.20. The third-order valence-electron chi connectivity index (χ3n) is 3.10. The molecule has 1 saturated heterocycles. The molecule has 0 N–H and O–H groups in total. The Morgan fingerprint density at radius 3 is 2.41 bits per heavy atom. The second kappa shape index (κ2) is 3.91. The van der Waals surface area contributed by atoms with Gasteiger partial charge in [0.05, 0.1) is 0 Å². The van der Waals surface area contributed by atoms with Crippen molar-refractivity contribution >= 4 is 30.9 Å². The van der Waals surface area contributed by atoms with Crippen molar-refractivity contribution in [3.8, 4) is 0 Å². The van der Waals surface area contributed by atoms with Crippen LogP contribution >= 0.6 is 0 Å². The molecule has 2 rings (SSSR count). The number of likely N-dealkylation sites (N-methyl/N-ethyl adjacent to an activating group) is 1. The summed E-state index contributed by atoms with van der Waals surface area (Å²) in [4.78, 5) is 26.2. The summed E-state index contributed by atoms with van der Waals surface area (Å²) in [7, 11) is 7.22. The van der Waals surface area contributed by atoms with E-state index in [0.717, 1.165) is 10.5 Å². The highest BCUT2D eigenvalue weighted by molar-refractivity contribution is 6.33. The van der Waals surface area contributed by atoms with Crippen molar-refractivity contribution in [3.05, 3.63) is 23.8 Å². The first-order valence-electron chi connectivity index (χ1n) is 5.40. The first-order valence-corrected chi connectivity index (χ1v) is 5.40. The third kappa shape index (κ3) is 1.71. The van der Waals surface area contributed by atoms with Gasteiger partial charge in [-0.3, -0.25) is 14.6 Å². The zero-order valence-corrected chi connectivity index (χ0v) is 10.1. The molecular weight excluding hydrogens is 215 g/mol. The van der Waals surface area contributed by atoms with Gasteiger partial charge in [-0.05, 0) is 26.0 Å². The zero-order valence-electron chi connectivity index (χ0n) is 10.1. The van der Waals surface area contributed by atoms with Crippen LogP contribution in [0.25, 0.3) is 0 Å². The van der Waals surface area contributed by atoms with Crippen molar-refractivity contribution < 1.29 is 9.59 Å². The van der Waals surface area contributed by atoms with Crippen LogP contribution in [0.1, 0.15) is 12.5 Å². The van der Waals surface area contributed by atoms with Crippen molar-refractivity contribution in [2.24, 2.45) is 0 Å². The van der Waals surface area contributed by atoms with Crippen LogP contribution in [0.2, 0.25) is 0 Å². The van der Waals surface area contributed by atoms with Crippen molar-refractivity contribution in [2.45, 2.75) is 19.9 Å². The van der Waals surface area contributed by atoms with E-state index in [1.54, 1.807) is 19.1 Å². The first-order chi connectivity index (χ1) is 7.93. The molecule has 1 unspecified atom stereocenters. The highest BCUT2D eigenvalue weighted by Gasteiger charge is 2.40. The van der Waals surface area contributed by atoms with Gasteiger partial charge in [0, 0.05) is 12.7 Å². The van der Waals surface area contributed by atoms with E-state index >= 15 is 0 Å². The minimum atomic E-state index is -0.462. The fourth-order valence-corrected chi connectivity index (χ4v) is 1.96. The standard InChI is InChI=1S/C12H13BN2O2/c1-7-6-9(4-5-10(7)13)15-8(2)11(16)14(3)12(15)17/h4-6,8H,1-3H3. The summed E-state index contributed by atoms with van der Waals surface area (Å²) in [6.07, 6.45) is 0. The predicted octanol–water partition coefficient (Wildman–Crippen LogP) is 0.576. The Kier molecular flexibility index (Phi) is 2.69. The summed E-state index contributed by atoms with van der Waals surface area (Å²) in [5.41, 5.74) is 2.27. The van der Waals surface area contributed by atoms with Gasteiger partial charge in [-0.15, -0.1) is 0 Å². The van der Waals surface area contributed by atoms with Gasteiger partial charge in [-0.2, -0.15) is 0 Å². The van der Waals surface area contributed by atoms with Crippen molar-refractivity contribution in [1.82, 2.24) is 4.90 Å². The number of amides is 3. The summed E-state index contributed by atoms with van der Waals surface area (Å²) >= 11 is 0. The fourth-order valence-electron chi connectivity index (χ4n) is 1.96. The average molecular weight is 228 g/mol. The van der Waals surface area contributed by atoms with Crippen LogP contribution in [0.4, 0.5) is 10.5 Å². The molecule has 2 radical (unpaired) electrons. The molecule has 1 aliphatic heterocycles. The van der Waals surface area contributed by atoms with E-state index in [1.807, 2.05) is 13.0 Å². The van der Waals surface area contributed by atoms with Crippen molar-refractivity contribution in [1.29, 1.82) is 0 Å². The van der Waals surface area contributed by atoms with E-state index in [1.165, 1.54) is 11.9 Å². The van der Waals surface area contributed by atoms with Gasteiger partial charge in [-0.1, -0.05) is 17.1 Å². The van der Waals surface area contributed by atoms with Crippen LogP contribution in [0.15, 0.2) is 18.2 Å². The normalized spacial score (nSPS) is 20.3. The molecule has 1 aromatic carbocycles. The van der Waals surface area contributed by atoms with Crippen LogP contribution in [0, 0.1) is 6.92 Å². The molecule has 0 spiro atoms. The predicted molar refractivity (Wildman–Crippen MR) is 66.7 cm³/mol. The Labute approximate surface area is 102 Å². The van der Waals surface area contributed by atoms with Crippen LogP contribution < -0.4 is 10.4 Å². The highest BCUT2D eigenvalue weighted by atomic mass is 16.2. The van der Waals surface area contributed by atoms with Gasteiger partial charge in [0.25, 0.3) is 5.91 Å². The molecule has 0 aliphatic carbocycles. The molecule has 4 nitrogen and oxygen atoms in total. The van der Waals surface area contributed by atoms with E-state index in [4.69, 9.17) is 7.85 Å². The topological polar surface area (TPSA) is 40.6 Å². The minimum absolute atomic E-state index is 0.190. The largest absolute Gasteiger partial charge is 0.331 e. The maximum absolute atomic E-state index is 11.9. The molecule has 0 aromatic heterocycles. The number of hydrogen-bond donors (Lipinski definition) is 0. The highest BCUT2D eigenvalue weighted by Crippen LogP contribution is 2.24. The van der Waals surface area contributed by atoms with Gasteiger partial charge in [-0.25, -0.2) is 4.79 Å². The van der Waals surface area contributed by atoms with Crippen LogP contribution in [-0.4, -0.2) is 37.8 Å². The lowest BCUT2D eigenvalue weighted by Crippen LogP contribution is -2.33. The molecule has 5 heteroatoms. The summed E-state index contributed by atoms with van der Waals surface area (Å²) in [6, 6.07) is 4.55. The van der Waals surface area contributed by atoms with Crippen LogP contribution in [0.3, 0.4) is 0 Å². The van der Waals surface area contributed by atoms with Gasteiger partial charge in [0.2, 0.25) is 0 Å². The second-order valence-electron chi connectivity index (χ2n) is 4.27. The van der Waals surface area contributed by atoms with Crippen molar-refractivity contribution in [2.75, 3.05) is 11.9 Å². The third-order valence-corrected chi connectivity index (χ3v) is 3.10. The molecule has 1 aromatic rings. The summed E-state index contributed by atoms with van der Waals surface area (Å²) in [5, 5.41) is 0. The number of nitrogens with zero attached hydrogens (tertiary/aromatic N) is 2. The molecule has 1 atom stereocenters.